The molecule has 1 unspecified atom stereocenters. The Kier molecular flexibility index (Phi) is 5.97. The van der Waals surface area contributed by atoms with Gasteiger partial charge in [0.25, 0.3) is 0 Å². The summed E-state index contributed by atoms with van der Waals surface area (Å²) in [5, 5.41) is 10.0. The van der Waals surface area contributed by atoms with E-state index in [0.29, 0.717) is 12.0 Å². The van der Waals surface area contributed by atoms with Crippen LogP contribution in [0.5, 0.6) is 0 Å². The number of hydrogen-bond donors (Lipinski definition) is 0. The van der Waals surface area contributed by atoms with Gasteiger partial charge in [-0.05, 0) is 28.3 Å². The van der Waals surface area contributed by atoms with E-state index in [1.165, 1.54) is 26.9 Å². The van der Waals surface area contributed by atoms with Gasteiger partial charge in [0.15, 0.2) is 0 Å². The van der Waals surface area contributed by atoms with Crippen molar-refractivity contribution in [3.63, 3.8) is 0 Å². The first-order valence-corrected chi connectivity index (χ1v) is 18.4. The summed E-state index contributed by atoms with van der Waals surface area (Å²) in [5.41, 5.74) is 7.46. The lowest BCUT2D eigenvalue weighted by Crippen LogP contribution is -2.31. The number of para-hydroxylation sites is 2. The molecule has 2 aromatic heterocycles. The summed E-state index contributed by atoms with van der Waals surface area (Å²) in [6.45, 7) is 0. The molecule has 5 heteroatoms. The maximum atomic E-state index is 8.95. The summed E-state index contributed by atoms with van der Waals surface area (Å²) < 4.78 is 18.2. The van der Waals surface area contributed by atoms with Crippen molar-refractivity contribution in [2.45, 2.75) is 0 Å². The van der Waals surface area contributed by atoms with Crippen molar-refractivity contribution in [2.24, 2.45) is 0 Å². The molecule has 0 spiro atoms. The zero-order valence-electron chi connectivity index (χ0n) is 28.3. The first-order chi connectivity index (χ1) is 25.7. The third-order valence-electron chi connectivity index (χ3n) is 10.1. The van der Waals surface area contributed by atoms with Crippen molar-refractivity contribution in [1.29, 1.82) is 0 Å². The van der Waals surface area contributed by atoms with Crippen LogP contribution in [0.2, 0.25) is 0 Å². The Labute approximate surface area is 296 Å². The molecule has 0 amide bonds. The quantitative estimate of drug-likeness (QED) is 0.176. The third kappa shape index (κ3) is 4.18. The molecule has 0 fully saturated rings. The summed E-state index contributed by atoms with van der Waals surface area (Å²) >= 11 is 0. The fourth-order valence-corrected chi connectivity index (χ4v) is 10.4. The van der Waals surface area contributed by atoms with E-state index in [4.69, 9.17) is 15.8 Å². The Morgan fingerprint density at radius 3 is 2.10 bits per heavy atom. The number of furan rings is 1. The molecule has 11 rings (SSSR count). The minimum atomic E-state index is -1.27. The van der Waals surface area contributed by atoms with E-state index in [0.717, 1.165) is 66.1 Å². The lowest BCUT2D eigenvalue weighted by Gasteiger charge is -2.40. The van der Waals surface area contributed by atoms with Gasteiger partial charge in [0.2, 0.25) is 5.95 Å². The highest BCUT2D eigenvalue weighted by Crippen LogP contribution is 2.61. The summed E-state index contributed by atoms with van der Waals surface area (Å²) in [4.78, 5) is 10.9. The summed E-state index contributed by atoms with van der Waals surface area (Å²) in [6, 6.07) is 57.3. The molecule has 0 bridgehead atoms. The highest BCUT2D eigenvalue weighted by atomic mass is 31.1. The molecule has 8 aromatic carbocycles. The molecule has 0 radical (unpaired) electrons. The average molecular weight is 671 g/mol. The van der Waals surface area contributed by atoms with Gasteiger partial charge >= 0.3 is 0 Å². The second kappa shape index (κ2) is 11.1. The van der Waals surface area contributed by atoms with Crippen LogP contribution in [0.1, 0.15) is 1.37 Å². The first kappa shape index (κ1) is 27.5. The molecular formula is C46H28N3OP. The average Bonchev–Trinajstić information content (AvgIpc) is 3.60. The van der Waals surface area contributed by atoms with Crippen molar-refractivity contribution in [1.82, 2.24) is 9.97 Å². The SMILES string of the molecule is [2H]c1ccccc1-c1nc(N2c3c(c4ccccc4c4oc5ccccc5c34)-c3c(ccc4ccccc34)P2c2ccccc2)nc2ccccc12. The fraction of sp³-hybridized carbons (Fsp3) is 0. The Morgan fingerprint density at radius 2 is 1.24 bits per heavy atom. The highest BCUT2D eigenvalue weighted by Gasteiger charge is 2.40. The van der Waals surface area contributed by atoms with E-state index in [1.54, 1.807) is 0 Å². The van der Waals surface area contributed by atoms with Crippen molar-refractivity contribution >= 4 is 84.7 Å². The Bertz CT molecular complexity index is 3070. The normalized spacial score (nSPS) is 14.3. The number of aromatic nitrogens is 2. The number of rotatable bonds is 3. The molecule has 0 saturated carbocycles. The highest BCUT2D eigenvalue weighted by molar-refractivity contribution is 7.75. The Hall–Kier alpha value is -6.35. The van der Waals surface area contributed by atoms with E-state index < -0.39 is 8.07 Å². The second-order valence-electron chi connectivity index (χ2n) is 12.9. The van der Waals surface area contributed by atoms with Crippen molar-refractivity contribution in [3.8, 4) is 22.4 Å². The molecule has 3 heterocycles. The number of hydrogen-bond acceptors (Lipinski definition) is 4. The second-order valence-corrected chi connectivity index (χ2v) is 14.9. The molecular weight excluding hydrogens is 642 g/mol. The van der Waals surface area contributed by atoms with Crippen molar-refractivity contribution in [3.05, 3.63) is 170 Å². The zero-order chi connectivity index (χ0) is 34.3. The van der Waals surface area contributed by atoms with Crippen LogP contribution in [0.15, 0.2) is 174 Å². The molecule has 0 N–H and O–H groups in total. The van der Waals surface area contributed by atoms with Gasteiger partial charge in [-0.3, -0.25) is 4.67 Å². The van der Waals surface area contributed by atoms with Gasteiger partial charge in [0, 0.05) is 43.5 Å². The Morgan fingerprint density at radius 1 is 0.549 bits per heavy atom. The van der Waals surface area contributed by atoms with E-state index in [9.17, 15) is 0 Å². The molecule has 0 saturated heterocycles. The van der Waals surface area contributed by atoms with Crippen LogP contribution in [0.4, 0.5) is 11.6 Å². The number of anilines is 2. The van der Waals surface area contributed by atoms with E-state index in [2.05, 4.69) is 126 Å². The molecule has 10 aromatic rings. The third-order valence-corrected chi connectivity index (χ3v) is 12.4. The minimum Gasteiger partial charge on any atom is -0.455 e. The summed E-state index contributed by atoms with van der Waals surface area (Å²) in [6.07, 6.45) is 0. The van der Waals surface area contributed by atoms with Crippen molar-refractivity contribution in [2.75, 3.05) is 4.67 Å². The van der Waals surface area contributed by atoms with Crippen LogP contribution in [0, 0.1) is 0 Å². The smallest absolute Gasteiger partial charge is 0.235 e. The van der Waals surface area contributed by atoms with Gasteiger partial charge in [-0.25, -0.2) is 9.97 Å². The number of fused-ring (bicyclic) bond motifs is 13. The largest absolute Gasteiger partial charge is 0.455 e. The Balaban J connectivity index is 1.38. The molecule has 1 atom stereocenters. The van der Waals surface area contributed by atoms with Crippen LogP contribution in [0.25, 0.3) is 76.8 Å². The predicted octanol–water partition coefficient (Wildman–Crippen LogP) is 11.7. The lowest BCUT2D eigenvalue weighted by atomic mass is 9.89. The monoisotopic (exact) mass is 670 g/mol. The summed E-state index contributed by atoms with van der Waals surface area (Å²) in [7, 11) is -1.27. The first-order valence-electron chi connectivity index (χ1n) is 17.6. The maximum Gasteiger partial charge on any atom is 0.235 e. The van der Waals surface area contributed by atoms with E-state index in [-0.39, 0.29) is 0 Å². The molecule has 1 aliphatic heterocycles. The van der Waals surface area contributed by atoms with E-state index in [1.807, 2.05) is 42.5 Å². The molecule has 4 nitrogen and oxygen atoms in total. The van der Waals surface area contributed by atoms with Gasteiger partial charge in [-0.15, -0.1) is 0 Å². The molecule has 0 aliphatic carbocycles. The summed E-state index contributed by atoms with van der Waals surface area (Å²) in [5.74, 6) is 0.592. The van der Waals surface area contributed by atoms with Crippen LogP contribution >= 0.6 is 8.07 Å². The van der Waals surface area contributed by atoms with Gasteiger partial charge in [-0.1, -0.05) is 158 Å². The fourth-order valence-electron chi connectivity index (χ4n) is 7.91. The van der Waals surface area contributed by atoms with Gasteiger partial charge in [0.1, 0.15) is 11.2 Å². The molecule has 238 valence electrons. The van der Waals surface area contributed by atoms with Gasteiger partial charge < -0.3 is 4.42 Å². The predicted molar refractivity (Wildman–Crippen MR) is 214 cm³/mol. The van der Waals surface area contributed by atoms with E-state index >= 15 is 0 Å². The minimum absolute atomic E-state index is 0.424. The number of nitrogens with zero attached hydrogens (tertiary/aromatic N) is 3. The van der Waals surface area contributed by atoms with Gasteiger partial charge in [-0.2, -0.15) is 0 Å². The molecule has 1 aliphatic rings. The topological polar surface area (TPSA) is 42.2 Å². The lowest BCUT2D eigenvalue weighted by molar-refractivity contribution is 0.673. The van der Waals surface area contributed by atoms with Crippen LogP contribution < -0.4 is 15.3 Å². The van der Waals surface area contributed by atoms with Crippen LogP contribution in [0.3, 0.4) is 0 Å². The van der Waals surface area contributed by atoms with Gasteiger partial charge in [0.05, 0.1) is 31.7 Å². The van der Waals surface area contributed by atoms with Crippen LogP contribution in [-0.4, -0.2) is 9.97 Å². The number of benzene rings is 8. The van der Waals surface area contributed by atoms with Crippen molar-refractivity contribution < 1.29 is 5.79 Å². The maximum absolute atomic E-state index is 8.95. The standard InChI is InChI=1S/C46H28N3OP/c1-3-16-30(17-4-1)43-35-23-11-13-25-37(35)47-46(48-43)49-44-41(33-21-9-10-22-34(33)45-42(44)36-24-12-14-26-38(36)50-45)40-32-20-8-7-15-29(32)27-28-39(40)51(49)31-18-5-2-6-19-31/h1-28H/i16D. The zero-order valence-corrected chi connectivity index (χ0v) is 28.2. The molecule has 51 heavy (non-hydrogen) atoms. The van der Waals surface area contributed by atoms with Crippen LogP contribution in [-0.2, 0) is 0 Å².